The van der Waals surface area contributed by atoms with Crippen LogP contribution in [0.5, 0.6) is 0 Å². The third-order valence-corrected chi connectivity index (χ3v) is 4.02. The third-order valence-electron chi connectivity index (χ3n) is 3.13. The summed E-state index contributed by atoms with van der Waals surface area (Å²) in [5, 5.41) is 6.53. The summed E-state index contributed by atoms with van der Waals surface area (Å²) in [4.78, 5) is 7.00. The minimum absolute atomic E-state index is 0.649. The Morgan fingerprint density at radius 3 is 3.06 bits per heavy atom. The van der Waals surface area contributed by atoms with Gasteiger partial charge in [0, 0.05) is 18.5 Å². The van der Waals surface area contributed by atoms with Crippen molar-refractivity contribution < 1.29 is 4.74 Å². The summed E-state index contributed by atoms with van der Waals surface area (Å²) >= 11 is 1.71. The molecule has 1 aromatic rings. The predicted molar refractivity (Wildman–Crippen MR) is 74.8 cm³/mol. The van der Waals surface area contributed by atoms with Crippen LogP contribution in [0.25, 0.3) is 0 Å². The van der Waals surface area contributed by atoms with Gasteiger partial charge in [0.05, 0.1) is 18.9 Å². The molecule has 1 saturated heterocycles. The molecule has 2 heterocycles. The Kier molecular flexibility index (Phi) is 6.07. The van der Waals surface area contributed by atoms with E-state index >= 15 is 0 Å². The van der Waals surface area contributed by atoms with Gasteiger partial charge in [-0.05, 0) is 32.5 Å². The van der Waals surface area contributed by atoms with Gasteiger partial charge in [0.1, 0.15) is 5.01 Å². The van der Waals surface area contributed by atoms with Gasteiger partial charge < -0.3 is 15.0 Å². The zero-order valence-corrected chi connectivity index (χ0v) is 12.0. The summed E-state index contributed by atoms with van der Waals surface area (Å²) in [7, 11) is 0. The van der Waals surface area contributed by atoms with Crippen LogP contribution in [0.1, 0.15) is 30.5 Å². The molecule has 102 valence electrons. The van der Waals surface area contributed by atoms with Gasteiger partial charge in [-0.3, -0.25) is 0 Å². The first-order chi connectivity index (χ1) is 8.88. The number of hydrogen-bond acceptors (Lipinski definition) is 5. The number of thiazole rings is 1. The molecule has 18 heavy (non-hydrogen) atoms. The lowest BCUT2D eigenvalue weighted by molar-refractivity contribution is 0.0973. The molecule has 0 aliphatic carbocycles. The van der Waals surface area contributed by atoms with E-state index in [0.717, 1.165) is 36.9 Å². The average molecular weight is 269 g/mol. The van der Waals surface area contributed by atoms with Crippen molar-refractivity contribution in [3.05, 3.63) is 16.1 Å². The summed E-state index contributed by atoms with van der Waals surface area (Å²) in [5.41, 5.74) is 1.06. The Morgan fingerprint density at radius 2 is 2.28 bits per heavy atom. The molecule has 1 N–H and O–H groups in total. The number of nitrogens with zero attached hydrogens (tertiary/aromatic N) is 2. The van der Waals surface area contributed by atoms with Crippen LogP contribution in [0.2, 0.25) is 0 Å². The molecule has 1 aliphatic heterocycles. The highest BCUT2D eigenvalue weighted by molar-refractivity contribution is 7.09. The van der Waals surface area contributed by atoms with Crippen molar-refractivity contribution >= 4 is 11.3 Å². The Hall–Kier alpha value is -0.490. The number of ether oxygens (including phenoxy) is 1. The van der Waals surface area contributed by atoms with E-state index in [9.17, 15) is 0 Å². The molecule has 0 unspecified atom stereocenters. The Balaban J connectivity index is 1.59. The molecular weight excluding hydrogens is 246 g/mol. The van der Waals surface area contributed by atoms with Crippen molar-refractivity contribution in [2.75, 3.05) is 32.8 Å². The van der Waals surface area contributed by atoms with E-state index in [1.807, 2.05) is 0 Å². The van der Waals surface area contributed by atoms with Crippen molar-refractivity contribution in [1.29, 1.82) is 0 Å². The fourth-order valence-electron chi connectivity index (χ4n) is 2.10. The van der Waals surface area contributed by atoms with Crippen molar-refractivity contribution in [1.82, 2.24) is 15.2 Å². The normalized spacial score (nSPS) is 16.5. The number of likely N-dealkylation sites (tertiary alicyclic amines) is 1. The molecule has 4 nitrogen and oxygen atoms in total. The second-order valence-corrected chi connectivity index (χ2v) is 5.56. The summed E-state index contributed by atoms with van der Waals surface area (Å²) in [6.45, 7) is 8.98. The molecular formula is C13H23N3OS. The summed E-state index contributed by atoms with van der Waals surface area (Å²) < 4.78 is 5.68. The van der Waals surface area contributed by atoms with Gasteiger partial charge >= 0.3 is 0 Å². The largest absolute Gasteiger partial charge is 0.374 e. The van der Waals surface area contributed by atoms with Crippen LogP contribution in [0.3, 0.4) is 0 Å². The highest BCUT2D eigenvalue weighted by atomic mass is 32.1. The Labute approximate surface area is 113 Å². The first kappa shape index (κ1) is 13.9. The molecule has 1 aromatic heterocycles. The van der Waals surface area contributed by atoms with E-state index in [2.05, 4.69) is 27.5 Å². The molecule has 0 atom stereocenters. The van der Waals surface area contributed by atoms with Crippen LogP contribution in [0, 0.1) is 0 Å². The second-order valence-electron chi connectivity index (χ2n) is 4.61. The topological polar surface area (TPSA) is 37.4 Å². The van der Waals surface area contributed by atoms with Gasteiger partial charge in [-0.1, -0.05) is 6.92 Å². The van der Waals surface area contributed by atoms with Crippen molar-refractivity contribution in [3.63, 3.8) is 0 Å². The van der Waals surface area contributed by atoms with Gasteiger partial charge in [-0.2, -0.15) is 0 Å². The third kappa shape index (κ3) is 4.65. The van der Waals surface area contributed by atoms with Crippen molar-refractivity contribution in [2.24, 2.45) is 0 Å². The molecule has 0 radical (unpaired) electrons. The van der Waals surface area contributed by atoms with Crippen LogP contribution in [-0.4, -0.2) is 42.7 Å². The Bertz CT molecular complexity index is 337. The molecule has 2 rings (SSSR count). The number of rotatable bonds is 8. The molecule has 1 fully saturated rings. The van der Waals surface area contributed by atoms with E-state index in [1.54, 1.807) is 11.3 Å². The van der Waals surface area contributed by atoms with Gasteiger partial charge in [0.15, 0.2) is 0 Å². The minimum Gasteiger partial charge on any atom is -0.374 e. The standard InChI is InChI=1S/C13H23N3OS/c1-2-14-9-13-15-12(11-18-13)10-17-8-7-16-5-3-4-6-16/h11,14H,2-10H2,1H3. The van der Waals surface area contributed by atoms with Crippen LogP contribution < -0.4 is 5.32 Å². The molecule has 0 aromatic carbocycles. The van der Waals surface area contributed by atoms with Crippen LogP contribution >= 0.6 is 11.3 Å². The summed E-state index contributed by atoms with van der Waals surface area (Å²) in [6.07, 6.45) is 2.69. The van der Waals surface area contributed by atoms with Crippen LogP contribution in [-0.2, 0) is 17.9 Å². The maximum absolute atomic E-state index is 5.68. The van der Waals surface area contributed by atoms with Crippen molar-refractivity contribution in [3.8, 4) is 0 Å². The highest BCUT2D eigenvalue weighted by Crippen LogP contribution is 2.11. The lowest BCUT2D eigenvalue weighted by Gasteiger charge is -2.13. The molecule has 0 amide bonds. The first-order valence-electron chi connectivity index (χ1n) is 6.82. The monoisotopic (exact) mass is 269 g/mol. The van der Waals surface area contributed by atoms with E-state index in [1.165, 1.54) is 25.9 Å². The summed E-state index contributed by atoms with van der Waals surface area (Å²) in [5.74, 6) is 0. The van der Waals surface area contributed by atoms with Gasteiger partial charge in [-0.25, -0.2) is 4.98 Å². The maximum Gasteiger partial charge on any atom is 0.107 e. The van der Waals surface area contributed by atoms with Crippen LogP contribution in [0.15, 0.2) is 5.38 Å². The number of aromatic nitrogens is 1. The molecule has 1 aliphatic rings. The van der Waals surface area contributed by atoms with E-state index in [-0.39, 0.29) is 0 Å². The molecule has 0 spiro atoms. The summed E-state index contributed by atoms with van der Waals surface area (Å²) in [6, 6.07) is 0. The fourth-order valence-corrected chi connectivity index (χ4v) is 2.85. The van der Waals surface area contributed by atoms with E-state index in [4.69, 9.17) is 4.74 Å². The second kappa shape index (κ2) is 7.84. The van der Waals surface area contributed by atoms with Crippen LogP contribution in [0.4, 0.5) is 0 Å². The maximum atomic E-state index is 5.68. The SMILES string of the molecule is CCNCc1nc(COCCN2CCCC2)cs1. The minimum atomic E-state index is 0.649. The Morgan fingerprint density at radius 1 is 1.44 bits per heavy atom. The molecule has 0 bridgehead atoms. The average Bonchev–Trinajstić information content (AvgIpc) is 3.04. The lowest BCUT2D eigenvalue weighted by Crippen LogP contribution is -2.23. The predicted octanol–water partition coefficient (Wildman–Crippen LogP) is 1.86. The smallest absolute Gasteiger partial charge is 0.107 e. The first-order valence-corrected chi connectivity index (χ1v) is 7.70. The lowest BCUT2D eigenvalue weighted by atomic mass is 10.4. The molecule has 5 heteroatoms. The molecule has 0 saturated carbocycles. The zero-order valence-electron chi connectivity index (χ0n) is 11.2. The van der Waals surface area contributed by atoms with Crippen molar-refractivity contribution in [2.45, 2.75) is 32.9 Å². The quantitative estimate of drug-likeness (QED) is 0.731. The van der Waals surface area contributed by atoms with Gasteiger partial charge in [0.25, 0.3) is 0 Å². The number of nitrogens with one attached hydrogen (secondary N) is 1. The van der Waals surface area contributed by atoms with Gasteiger partial charge in [-0.15, -0.1) is 11.3 Å². The highest BCUT2D eigenvalue weighted by Gasteiger charge is 2.10. The fraction of sp³-hybridized carbons (Fsp3) is 0.769. The van der Waals surface area contributed by atoms with Gasteiger partial charge in [0.2, 0.25) is 0 Å². The van der Waals surface area contributed by atoms with E-state index in [0.29, 0.717) is 6.61 Å². The van der Waals surface area contributed by atoms with E-state index < -0.39 is 0 Å². The zero-order chi connectivity index (χ0) is 12.6. The number of hydrogen-bond donors (Lipinski definition) is 1.